The highest BCUT2D eigenvalue weighted by atomic mass is 16.7. The summed E-state index contributed by atoms with van der Waals surface area (Å²) in [4.78, 5) is 5.49. The SMILES string of the molecule is C.C=CCON1CCC[C@@H](C(=C)C)C1. The lowest BCUT2D eigenvalue weighted by molar-refractivity contribution is -0.165. The smallest absolute Gasteiger partial charge is 0.0864 e. The highest BCUT2D eigenvalue weighted by Crippen LogP contribution is 2.21. The fourth-order valence-electron chi connectivity index (χ4n) is 1.62. The van der Waals surface area contributed by atoms with Gasteiger partial charge in [-0.2, -0.15) is 5.06 Å². The van der Waals surface area contributed by atoms with Gasteiger partial charge < -0.3 is 0 Å². The van der Waals surface area contributed by atoms with Gasteiger partial charge in [-0.1, -0.05) is 25.7 Å². The molecule has 14 heavy (non-hydrogen) atoms. The number of piperidine rings is 1. The summed E-state index contributed by atoms with van der Waals surface area (Å²) in [7, 11) is 0. The molecule has 0 amide bonds. The van der Waals surface area contributed by atoms with Gasteiger partial charge in [0.05, 0.1) is 6.61 Å². The van der Waals surface area contributed by atoms with Gasteiger partial charge in [-0.3, -0.25) is 4.84 Å². The molecule has 0 spiro atoms. The first-order chi connectivity index (χ1) is 6.24. The van der Waals surface area contributed by atoms with Gasteiger partial charge >= 0.3 is 0 Å². The van der Waals surface area contributed by atoms with E-state index in [0.717, 1.165) is 13.1 Å². The topological polar surface area (TPSA) is 12.5 Å². The van der Waals surface area contributed by atoms with Crippen LogP contribution < -0.4 is 0 Å². The Morgan fingerprint density at radius 2 is 2.36 bits per heavy atom. The highest BCUT2D eigenvalue weighted by molar-refractivity contribution is 4.98. The lowest BCUT2D eigenvalue weighted by atomic mass is 9.93. The lowest BCUT2D eigenvalue weighted by Gasteiger charge is -2.31. The van der Waals surface area contributed by atoms with E-state index in [1.807, 2.05) is 5.06 Å². The van der Waals surface area contributed by atoms with Crippen LogP contribution in [0.2, 0.25) is 0 Å². The third-order valence-corrected chi connectivity index (χ3v) is 2.46. The molecule has 0 aromatic carbocycles. The van der Waals surface area contributed by atoms with E-state index in [-0.39, 0.29) is 7.43 Å². The van der Waals surface area contributed by atoms with Crippen molar-refractivity contribution in [2.45, 2.75) is 27.2 Å². The van der Waals surface area contributed by atoms with Crippen LogP contribution in [-0.2, 0) is 4.84 Å². The van der Waals surface area contributed by atoms with Crippen molar-refractivity contribution >= 4 is 0 Å². The number of hydrogen-bond donors (Lipinski definition) is 0. The summed E-state index contributed by atoms with van der Waals surface area (Å²) < 4.78 is 0. The van der Waals surface area contributed by atoms with Crippen LogP contribution >= 0.6 is 0 Å². The molecule has 1 atom stereocenters. The molecule has 1 fully saturated rings. The second-order valence-corrected chi connectivity index (χ2v) is 3.66. The van der Waals surface area contributed by atoms with Crippen LogP contribution in [-0.4, -0.2) is 24.8 Å². The summed E-state index contributed by atoms with van der Waals surface area (Å²) in [5.74, 6) is 0.610. The maximum absolute atomic E-state index is 5.49. The van der Waals surface area contributed by atoms with Gasteiger partial charge in [-0.05, 0) is 25.7 Å². The zero-order valence-electron chi connectivity index (χ0n) is 8.46. The number of rotatable bonds is 4. The van der Waals surface area contributed by atoms with Crippen molar-refractivity contribution in [2.24, 2.45) is 5.92 Å². The predicted octanol–water partition coefficient (Wildman–Crippen LogP) is 3.03. The molecule has 0 aromatic heterocycles. The Bertz CT molecular complexity index is 189. The van der Waals surface area contributed by atoms with Crippen molar-refractivity contribution in [3.63, 3.8) is 0 Å². The van der Waals surface area contributed by atoms with Crippen molar-refractivity contribution in [1.29, 1.82) is 0 Å². The minimum absolute atomic E-state index is 0. The van der Waals surface area contributed by atoms with E-state index >= 15 is 0 Å². The molecule has 1 heterocycles. The maximum Gasteiger partial charge on any atom is 0.0864 e. The molecular formula is C12H23NO. The van der Waals surface area contributed by atoms with Gasteiger partial charge in [-0.25, -0.2) is 0 Å². The molecule has 0 unspecified atom stereocenters. The summed E-state index contributed by atoms with van der Waals surface area (Å²) in [5, 5.41) is 2.03. The third kappa shape index (κ3) is 4.07. The first-order valence-corrected chi connectivity index (χ1v) is 4.88. The van der Waals surface area contributed by atoms with Gasteiger partial charge in [0.15, 0.2) is 0 Å². The second kappa shape index (κ2) is 6.80. The average molecular weight is 197 g/mol. The minimum Gasteiger partial charge on any atom is -0.295 e. The van der Waals surface area contributed by atoms with Crippen LogP contribution in [0.5, 0.6) is 0 Å². The molecular weight excluding hydrogens is 174 g/mol. The Balaban J connectivity index is 0.00000169. The van der Waals surface area contributed by atoms with Crippen LogP contribution in [0, 0.1) is 5.92 Å². The van der Waals surface area contributed by atoms with E-state index in [0.29, 0.717) is 12.5 Å². The monoisotopic (exact) mass is 197 g/mol. The van der Waals surface area contributed by atoms with Gasteiger partial charge in [0.1, 0.15) is 0 Å². The van der Waals surface area contributed by atoms with Crippen molar-refractivity contribution < 1.29 is 4.84 Å². The van der Waals surface area contributed by atoms with Gasteiger partial charge in [-0.15, -0.1) is 6.58 Å². The summed E-state index contributed by atoms with van der Waals surface area (Å²) in [6.45, 7) is 12.4. The highest BCUT2D eigenvalue weighted by Gasteiger charge is 2.20. The molecule has 0 aromatic rings. The first-order valence-electron chi connectivity index (χ1n) is 4.88. The van der Waals surface area contributed by atoms with E-state index in [2.05, 4.69) is 20.1 Å². The summed E-state index contributed by atoms with van der Waals surface area (Å²) in [5.41, 5.74) is 1.27. The largest absolute Gasteiger partial charge is 0.295 e. The van der Waals surface area contributed by atoms with Gasteiger partial charge in [0.25, 0.3) is 0 Å². The average Bonchev–Trinajstić information content (AvgIpc) is 2.15. The number of nitrogens with zero attached hydrogens (tertiary/aromatic N) is 1. The van der Waals surface area contributed by atoms with Gasteiger partial charge in [0.2, 0.25) is 0 Å². The van der Waals surface area contributed by atoms with E-state index in [1.54, 1.807) is 6.08 Å². The minimum atomic E-state index is 0. The van der Waals surface area contributed by atoms with Crippen LogP contribution in [0.1, 0.15) is 27.2 Å². The number of hydroxylamine groups is 2. The number of hydrogen-bond acceptors (Lipinski definition) is 2. The standard InChI is InChI=1S/C11H19NO.CH4/c1-4-8-13-12-7-5-6-11(9-12)10(2)3;/h4,11H,1-2,5-9H2,3H3;1H4/t11-;/m1./s1. The fourth-order valence-corrected chi connectivity index (χ4v) is 1.62. The molecule has 0 N–H and O–H groups in total. The Morgan fingerprint density at radius 3 is 2.93 bits per heavy atom. The summed E-state index contributed by atoms with van der Waals surface area (Å²) in [6.07, 6.45) is 4.24. The normalized spacial score (nSPS) is 22.5. The summed E-state index contributed by atoms with van der Waals surface area (Å²) in [6, 6.07) is 0. The predicted molar refractivity (Wildman–Crippen MR) is 62.0 cm³/mol. The van der Waals surface area contributed by atoms with Crippen molar-refractivity contribution in [2.75, 3.05) is 19.7 Å². The zero-order valence-corrected chi connectivity index (χ0v) is 8.46. The molecule has 0 aliphatic carbocycles. The zero-order chi connectivity index (χ0) is 9.68. The van der Waals surface area contributed by atoms with Crippen molar-refractivity contribution in [1.82, 2.24) is 5.06 Å². The molecule has 1 rings (SSSR count). The van der Waals surface area contributed by atoms with E-state index in [4.69, 9.17) is 4.84 Å². The van der Waals surface area contributed by atoms with Crippen LogP contribution in [0.25, 0.3) is 0 Å². The Morgan fingerprint density at radius 1 is 1.64 bits per heavy atom. The van der Waals surface area contributed by atoms with Crippen LogP contribution in [0.15, 0.2) is 24.8 Å². The molecule has 82 valence electrons. The summed E-state index contributed by atoms with van der Waals surface area (Å²) >= 11 is 0. The molecule has 2 nitrogen and oxygen atoms in total. The molecule has 1 aliphatic heterocycles. The second-order valence-electron chi connectivity index (χ2n) is 3.66. The Hall–Kier alpha value is -0.600. The van der Waals surface area contributed by atoms with E-state index < -0.39 is 0 Å². The maximum atomic E-state index is 5.49. The molecule has 0 bridgehead atoms. The van der Waals surface area contributed by atoms with Crippen LogP contribution in [0.4, 0.5) is 0 Å². The quantitative estimate of drug-likeness (QED) is 0.642. The van der Waals surface area contributed by atoms with Gasteiger partial charge in [0, 0.05) is 13.1 Å². The molecule has 1 aliphatic rings. The fraction of sp³-hybridized carbons (Fsp3) is 0.667. The van der Waals surface area contributed by atoms with Crippen LogP contribution in [0.3, 0.4) is 0 Å². The first kappa shape index (κ1) is 13.4. The lowest BCUT2D eigenvalue weighted by Crippen LogP contribution is -2.35. The molecule has 2 heteroatoms. The molecule has 0 saturated carbocycles. The van der Waals surface area contributed by atoms with E-state index in [9.17, 15) is 0 Å². The Kier molecular flexibility index (Phi) is 6.50. The molecule has 0 radical (unpaired) electrons. The van der Waals surface area contributed by atoms with Crippen molar-refractivity contribution in [3.05, 3.63) is 24.8 Å². The molecule has 1 saturated heterocycles. The third-order valence-electron chi connectivity index (χ3n) is 2.46. The Labute approximate surface area is 88.2 Å². The van der Waals surface area contributed by atoms with Crippen molar-refractivity contribution in [3.8, 4) is 0 Å². The van der Waals surface area contributed by atoms with E-state index in [1.165, 1.54) is 18.4 Å².